The van der Waals surface area contributed by atoms with Crippen molar-refractivity contribution in [2.75, 3.05) is 51.7 Å². The van der Waals surface area contributed by atoms with Crippen molar-refractivity contribution < 1.29 is 14.2 Å². The highest BCUT2D eigenvalue weighted by atomic mass is 32.2. The van der Waals surface area contributed by atoms with Crippen LogP contribution in [0.1, 0.15) is 24.8 Å². The van der Waals surface area contributed by atoms with Crippen LogP contribution in [0.4, 0.5) is 5.69 Å². The van der Waals surface area contributed by atoms with Crippen LogP contribution in [0.15, 0.2) is 35.4 Å². The van der Waals surface area contributed by atoms with Gasteiger partial charge in [0.25, 0.3) is 0 Å². The van der Waals surface area contributed by atoms with Gasteiger partial charge in [0.2, 0.25) is 0 Å². The Balaban J connectivity index is 1.66. The summed E-state index contributed by atoms with van der Waals surface area (Å²) in [5.74, 6) is 2.95. The Hall–Kier alpha value is -2.38. The summed E-state index contributed by atoms with van der Waals surface area (Å²) in [6, 6.07) is 10.5. The van der Waals surface area contributed by atoms with Crippen LogP contribution < -0.4 is 14.4 Å². The maximum absolute atomic E-state index is 5.78. The molecule has 0 radical (unpaired) electrons. The van der Waals surface area contributed by atoms with Crippen molar-refractivity contribution in [1.82, 2.24) is 9.61 Å². The SMILES string of the molecule is COc1cc(C)cc(OC)c1-c1cccc2c(N(CC3CC3)CC3CCOC3)c(SC)nn12. The second-order valence-corrected chi connectivity index (χ2v) is 9.98. The van der Waals surface area contributed by atoms with Crippen LogP contribution in [0.25, 0.3) is 16.8 Å². The Morgan fingerprint density at radius 3 is 2.42 bits per heavy atom. The van der Waals surface area contributed by atoms with Crippen LogP contribution >= 0.6 is 11.8 Å². The number of pyridine rings is 1. The van der Waals surface area contributed by atoms with Crippen LogP contribution in [0.5, 0.6) is 11.5 Å². The van der Waals surface area contributed by atoms with Gasteiger partial charge in [-0.05, 0) is 68.2 Å². The van der Waals surface area contributed by atoms with E-state index in [0.717, 1.165) is 77.5 Å². The van der Waals surface area contributed by atoms with Gasteiger partial charge in [0.15, 0.2) is 0 Å². The molecule has 1 aliphatic carbocycles. The molecule has 0 N–H and O–H groups in total. The molecule has 6 nitrogen and oxygen atoms in total. The number of ether oxygens (including phenoxy) is 3. The summed E-state index contributed by atoms with van der Waals surface area (Å²) in [6.45, 7) is 5.90. The first-order valence-corrected chi connectivity index (χ1v) is 13.0. The Bertz CT molecular complexity index is 1110. The monoisotopic (exact) mass is 467 g/mol. The lowest BCUT2D eigenvalue weighted by Crippen LogP contribution is -2.32. The van der Waals surface area contributed by atoms with E-state index >= 15 is 0 Å². The molecule has 1 saturated carbocycles. The van der Waals surface area contributed by atoms with E-state index in [2.05, 4.69) is 52.9 Å². The van der Waals surface area contributed by atoms with Crippen molar-refractivity contribution in [3.05, 3.63) is 35.9 Å². The van der Waals surface area contributed by atoms with E-state index < -0.39 is 0 Å². The molecule has 2 fully saturated rings. The van der Waals surface area contributed by atoms with Crippen LogP contribution in [-0.2, 0) is 4.74 Å². The van der Waals surface area contributed by atoms with Gasteiger partial charge in [0.05, 0.1) is 43.3 Å². The Morgan fingerprint density at radius 1 is 1.09 bits per heavy atom. The lowest BCUT2D eigenvalue weighted by molar-refractivity contribution is 0.186. The van der Waals surface area contributed by atoms with E-state index in [4.69, 9.17) is 19.3 Å². The van der Waals surface area contributed by atoms with E-state index in [0.29, 0.717) is 5.92 Å². The maximum atomic E-state index is 5.78. The molecule has 1 saturated heterocycles. The zero-order chi connectivity index (χ0) is 22.9. The first kappa shape index (κ1) is 22.4. The van der Waals surface area contributed by atoms with Crippen LogP contribution in [0.3, 0.4) is 0 Å². The third-order valence-electron chi connectivity index (χ3n) is 6.69. The van der Waals surface area contributed by atoms with Crippen LogP contribution in [0, 0.1) is 18.8 Å². The second-order valence-electron chi connectivity index (χ2n) is 9.19. The summed E-state index contributed by atoms with van der Waals surface area (Å²) in [4.78, 5) is 2.58. The topological polar surface area (TPSA) is 48.2 Å². The number of hydrogen-bond acceptors (Lipinski definition) is 6. The highest BCUT2D eigenvalue weighted by molar-refractivity contribution is 7.98. The summed E-state index contributed by atoms with van der Waals surface area (Å²) in [7, 11) is 3.42. The smallest absolute Gasteiger partial charge is 0.142 e. The minimum Gasteiger partial charge on any atom is -0.496 e. The van der Waals surface area contributed by atoms with E-state index in [-0.39, 0.29) is 0 Å². The van der Waals surface area contributed by atoms with E-state index in [9.17, 15) is 0 Å². The number of fused-ring (bicyclic) bond motifs is 1. The summed E-state index contributed by atoms with van der Waals surface area (Å²) >= 11 is 1.71. The van der Waals surface area contributed by atoms with Gasteiger partial charge in [-0.1, -0.05) is 6.07 Å². The van der Waals surface area contributed by atoms with Gasteiger partial charge in [-0.3, -0.25) is 0 Å². The molecule has 0 bridgehead atoms. The summed E-state index contributed by atoms with van der Waals surface area (Å²) < 4.78 is 19.3. The predicted molar refractivity (Wildman–Crippen MR) is 134 cm³/mol. The highest BCUT2D eigenvalue weighted by Crippen LogP contribution is 2.43. The lowest BCUT2D eigenvalue weighted by Gasteiger charge is -2.27. The molecule has 2 aromatic heterocycles. The van der Waals surface area contributed by atoms with E-state index in [1.54, 1.807) is 26.0 Å². The summed E-state index contributed by atoms with van der Waals surface area (Å²) in [5.41, 5.74) is 5.36. The van der Waals surface area contributed by atoms with Crippen molar-refractivity contribution >= 4 is 23.0 Å². The molecule has 5 rings (SSSR count). The average molecular weight is 468 g/mol. The van der Waals surface area contributed by atoms with E-state index in [1.165, 1.54) is 18.5 Å². The Kier molecular flexibility index (Phi) is 6.43. The number of thioether (sulfide) groups is 1. The number of benzene rings is 1. The summed E-state index contributed by atoms with van der Waals surface area (Å²) in [5, 5.41) is 6.16. The lowest BCUT2D eigenvalue weighted by atomic mass is 10.1. The highest BCUT2D eigenvalue weighted by Gasteiger charge is 2.31. The molecule has 33 heavy (non-hydrogen) atoms. The number of aryl methyl sites for hydroxylation is 1. The van der Waals surface area contributed by atoms with Gasteiger partial charge in [0, 0.05) is 25.6 Å². The molecule has 0 amide bonds. The number of nitrogens with zero attached hydrogens (tertiary/aromatic N) is 3. The minimum absolute atomic E-state index is 0.578. The number of hydrogen-bond donors (Lipinski definition) is 0. The molecule has 1 aromatic carbocycles. The Morgan fingerprint density at radius 2 is 1.82 bits per heavy atom. The summed E-state index contributed by atoms with van der Waals surface area (Å²) in [6.07, 6.45) is 5.91. The van der Waals surface area contributed by atoms with Gasteiger partial charge >= 0.3 is 0 Å². The normalized spacial score (nSPS) is 18.1. The fourth-order valence-corrected chi connectivity index (χ4v) is 5.45. The standard InChI is InChI=1S/C26H33N3O3S/c1-17-12-22(30-2)24(23(13-17)31-3)20-6-5-7-21-25(26(33-4)27-29(20)21)28(14-18-8-9-18)15-19-10-11-32-16-19/h5-7,12-13,18-19H,8-11,14-16H2,1-4H3. The molecule has 1 atom stereocenters. The average Bonchev–Trinajstić information content (AvgIpc) is 3.34. The zero-order valence-corrected chi connectivity index (χ0v) is 20.8. The van der Waals surface area contributed by atoms with Crippen molar-refractivity contribution in [3.8, 4) is 22.8 Å². The molecule has 1 aliphatic heterocycles. The van der Waals surface area contributed by atoms with Gasteiger partial charge in [0.1, 0.15) is 16.5 Å². The van der Waals surface area contributed by atoms with Gasteiger partial charge in [-0.25, -0.2) is 4.52 Å². The van der Waals surface area contributed by atoms with Crippen molar-refractivity contribution in [2.24, 2.45) is 11.8 Å². The van der Waals surface area contributed by atoms with Crippen LogP contribution in [0.2, 0.25) is 0 Å². The van der Waals surface area contributed by atoms with Crippen LogP contribution in [-0.4, -0.2) is 56.4 Å². The molecule has 3 aromatic rings. The molecular formula is C26H33N3O3S. The fourth-order valence-electron chi connectivity index (χ4n) is 4.86. The third kappa shape index (κ3) is 4.41. The maximum Gasteiger partial charge on any atom is 0.142 e. The molecule has 1 unspecified atom stereocenters. The molecule has 176 valence electrons. The second kappa shape index (κ2) is 9.47. The molecule has 0 spiro atoms. The zero-order valence-electron chi connectivity index (χ0n) is 20.0. The minimum atomic E-state index is 0.578. The molecular weight excluding hydrogens is 434 g/mol. The van der Waals surface area contributed by atoms with Gasteiger partial charge in [-0.15, -0.1) is 11.8 Å². The fraction of sp³-hybridized carbons (Fsp3) is 0.500. The van der Waals surface area contributed by atoms with E-state index in [1.807, 2.05) is 0 Å². The predicted octanol–water partition coefficient (Wildman–Crippen LogP) is 5.30. The number of aromatic nitrogens is 2. The number of methoxy groups -OCH3 is 2. The van der Waals surface area contributed by atoms with Gasteiger partial charge in [-0.2, -0.15) is 5.10 Å². The molecule has 2 aliphatic rings. The number of rotatable bonds is 9. The first-order chi connectivity index (χ1) is 16.1. The molecule has 3 heterocycles. The largest absolute Gasteiger partial charge is 0.496 e. The Labute approximate surface area is 200 Å². The first-order valence-electron chi connectivity index (χ1n) is 11.7. The van der Waals surface area contributed by atoms with Crippen molar-refractivity contribution in [3.63, 3.8) is 0 Å². The van der Waals surface area contributed by atoms with Crippen molar-refractivity contribution in [1.29, 1.82) is 0 Å². The van der Waals surface area contributed by atoms with Gasteiger partial charge < -0.3 is 19.1 Å². The quantitative estimate of drug-likeness (QED) is 0.398. The van der Waals surface area contributed by atoms with Crippen molar-refractivity contribution in [2.45, 2.75) is 31.2 Å². The molecule has 7 heteroatoms. The third-order valence-corrected chi connectivity index (χ3v) is 7.36. The number of anilines is 1.